The van der Waals surface area contributed by atoms with Gasteiger partial charge >= 0.3 is 6.61 Å². The molecule has 2 aromatic rings. The van der Waals surface area contributed by atoms with Crippen molar-refractivity contribution in [1.82, 2.24) is 10.6 Å². The van der Waals surface area contributed by atoms with Gasteiger partial charge in [0.1, 0.15) is 18.1 Å². The molecule has 0 spiro atoms. The van der Waals surface area contributed by atoms with Gasteiger partial charge in [-0.1, -0.05) is 23.7 Å². The normalized spacial score (nSPS) is 11.4. The van der Waals surface area contributed by atoms with Crippen LogP contribution in [0, 0.1) is 0 Å². The first-order valence-corrected chi connectivity index (χ1v) is 9.28. The first-order chi connectivity index (χ1) is 14.0. The molecule has 29 heavy (non-hydrogen) atoms. The van der Waals surface area contributed by atoms with E-state index in [1.165, 1.54) is 12.1 Å². The number of guanidine groups is 1. The first kappa shape index (κ1) is 22.7. The van der Waals surface area contributed by atoms with Crippen molar-refractivity contribution in [1.29, 1.82) is 0 Å². The molecule has 0 radical (unpaired) electrons. The molecular formula is C20H24ClF2N3O3. The molecule has 0 aliphatic heterocycles. The Morgan fingerprint density at radius 1 is 1.10 bits per heavy atom. The molecule has 0 amide bonds. The van der Waals surface area contributed by atoms with Crippen LogP contribution in [0.2, 0.25) is 5.02 Å². The lowest BCUT2D eigenvalue weighted by atomic mass is 10.2. The maximum absolute atomic E-state index is 12.6. The summed E-state index contributed by atoms with van der Waals surface area (Å²) in [7, 11) is 3.24. The number of ether oxygens (including phenoxy) is 3. The Hall–Kier alpha value is -2.58. The molecule has 2 aromatic carbocycles. The monoisotopic (exact) mass is 427 g/mol. The molecule has 6 nitrogen and oxygen atoms in total. The third-order valence-electron chi connectivity index (χ3n) is 3.82. The van der Waals surface area contributed by atoms with Gasteiger partial charge in [0.05, 0.1) is 6.61 Å². The van der Waals surface area contributed by atoms with Crippen LogP contribution in [0.1, 0.15) is 11.1 Å². The predicted octanol–water partition coefficient (Wildman–Crippen LogP) is 3.83. The first-order valence-electron chi connectivity index (χ1n) is 8.90. The number of hydrogen-bond donors (Lipinski definition) is 2. The lowest BCUT2D eigenvalue weighted by molar-refractivity contribution is -0.0504. The van der Waals surface area contributed by atoms with E-state index < -0.39 is 6.61 Å². The second-order valence-electron chi connectivity index (χ2n) is 5.90. The number of hydrogen-bond acceptors (Lipinski definition) is 4. The van der Waals surface area contributed by atoms with Crippen LogP contribution in [0.25, 0.3) is 0 Å². The molecule has 2 N–H and O–H groups in total. The smallest absolute Gasteiger partial charge is 0.387 e. The van der Waals surface area contributed by atoms with E-state index >= 15 is 0 Å². The van der Waals surface area contributed by atoms with Crippen LogP contribution < -0.4 is 20.1 Å². The van der Waals surface area contributed by atoms with E-state index in [1.807, 2.05) is 24.3 Å². The summed E-state index contributed by atoms with van der Waals surface area (Å²) in [4.78, 5) is 4.14. The van der Waals surface area contributed by atoms with Crippen molar-refractivity contribution in [2.24, 2.45) is 4.99 Å². The highest BCUT2D eigenvalue weighted by Crippen LogP contribution is 2.24. The van der Waals surface area contributed by atoms with Gasteiger partial charge < -0.3 is 24.8 Å². The number of nitrogens with zero attached hydrogens (tertiary/aromatic N) is 1. The molecule has 0 aliphatic rings. The molecule has 0 unspecified atom stereocenters. The molecule has 9 heteroatoms. The fourth-order valence-corrected chi connectivity index (χ4v) is 2.67. The second kappa shape index (κ2) is 12.1. The van der Waals surface area contributed by atoms with Gasteiger partial charge in [0.25, 0.3) is 0 Å². The van der Waals surface area contributed by atoms with Crippen molar-refractivity contribution >= 4 is 17.6 Å². The summed E-state index contributed by atoms with van der Waals surface area (Å²) in [5.74, 6) is 1.31. The largest absolute Gasteiger partial charge is 0.491 e. The molecule has 2 rings (SSSR count). The lowest BCUT2D eigenvalue weighted by Crippen LogP contribution is -2.36. The van der Waals surface area contributed by atoms with E-state index in [2.05, 4.69) is 20.4 Å². The summed E-state index contributed by atoms with van der Waals surface area (Å²) in [6.45, 7) is -1.22. The quantitative estimate of drug-likeness (QED) is 0.343. The van der Waals surface area contributed by atoms with E-state index in [9.17, 15) is 8.78 Å². The molecule has 0 saturated heterocycles. The molecule has 0 atom stereocenters. The van der Waals surface area contributed by atoms with E-state index in [-0.39, 0.29) is 12.3 Å². The van der Waals surface area contributed by atoms with Gasteiger partial charge in [-0.2, -0.15) is 8.78 Å². The third-order valence-corrected chi connectivity index (χ3v) is 4.06. The van der Waals surface area contributed by atoms with Crippen molar-refractivity contribution < 1.29 is 23.0 Å². The van der Waals surface area contributed by atoms with Crippen LogP contribution in [0.15, 0.2) is 47.5 Å². The van der Waals surface area contributed by atoms with E-state index in [4.69, 9.17) is 21.1 Å². The predicted molar refractivity (Wildman–Crippen MR) is 109 cm³/mol. The Bertz CT molecular complexity index is 806. The van der Waals surface area contributed by atoms with E-state index in [0.29, 0.717) is 36.3 Å². The molecule has 0 aromatic heterocycles. The molecule has 158 valence electrons. The Kier molecular flexibility index (Phi) is 9.46. The summed E-state index contributed by atoms with van der Waals surface area (Å²) in [5, 5.41) is 6.65. The summed E-state index contributed by atoms with van der Waals surface area (Å²) in [6, 6.07) is 12.1. The van der Waals surface area contributed by atoms with E-state index in [0.717, 1.165) is 11.3 Å². The molecule has 0 saturated carbocycles. The van der Waals surface area contributed by atoms with Crippen molar-refractivity contribution in [2.45, 2.75) is 19.7 Å². The van der Waals surface area contributed by atoms with Crippen molar-refractivity contribution in [3.63, 3.8) is 0 Å². The van der Waals surface area contributed by atoms with Gasteiger partial charge in [0.15, 0.2) is 5.96 Å². The number of alkyl halides is 2. The van der Waals surface area contributed by atoms with Gasteiger partial charge in [-0.25, -0.2) is 0 Å². The Balaban J connectivity index is 1.92. The fourth-order valence-electron chi connectivity index (χ4n) is 2.47. The van der Waals surface area contributed by atoms with Gasteiger partial charge in [-0.3, -0.25) is 4.99 Å². The average molecular weight is 428 g/mol. The minimum atomic E-state index is -2.91. The minimum Gasteiger partial charge on any atom is -0.491 e. The number of rotatable bonds is 10. The third kappa shape index (κ3) is 8.13. The zero-order valence-electron chi connectivity index (χ0n) is 16.3. The zero-order valence-corrected chi connectivity index (χ0v) is 17.0. The summed E-state index contributed by atoms with van der Waals surface area (Å²) < 4.78 is 40.2. The van der Waals surface area contributed by atoms with Crippen molar-refractivity contribution in [2.75, 3.05) is 27.4 Å². The van der Waals surface area contributed by atoms with Crippen LogP contribution in [0.3, 0.4) is 0 Å². The molecule has 0 fully saturated rings. The summed E-state index contributed by atoms with van der Waals surface area (Å²) in [5.41, 5.74) is 1.49. The van der Waals surface area contributed by atoms with Crippen LogP contribution in [-0.4, -0.2) is 39.9 Å². The van der Waals surface area contributed by atoms with E-state index in [1.54, 1.807) is 20.2 Å². The van der Waals surface area contributed by atoms with Gasteiger partial charge in [-0.15, -0.1) is 0 Å². The Morgan fingerprint density at radius 3 is 2.62 bits per heavy atom. The minimum absolute atomic E-state index is 0.0632. The van der Waals surface area contributed by atoms with Crippen molar-refractivity contribution in [3.05, 3.63) is 58.6 Å². The molecular weight excluding hydrogens is 404 g/mol. The van der Waals surface area contributed by atoms with Crippen LogP contribution in [0.5, 0.6) is 11.5 Å². The molecule has 0 bridgehead atoms. The highest BCUT2D eigenvalue weighted by atomic mass is 35.5. The fraction of sp³-hybridized carbons (Fsp3) is 0.350. The maximum Gasteiger partial charge on any atom is 0.387 e. The second-order valence-corrected chi connectivity index (χ2v) is 6.33. The topological polar surface area (TPSA) is 64.1 Å². The van der Waals surface area contributed by atoms with Crippen LogP contribution in [0.4, 0.5) is 8.78 Å². The summed E-state index contributed by atoms with van der Waals surface area (Å²) >= 11 is 5.97. The molecule has 0 aliphatic carbocycles. The van der Waals surface area contributed by atoms with Crippen molar-refractivity contribution in [3.8, 4) is 11.5 Å². The van der Waals surface area contributed by atoms with Gasteiger partial charge in [0.2, 0.25) is 0 Å². The SMILES string of the molecule is CN=C(NCc1cccc(OCCOC)c1)NCc1cc(Cl)ccc1OC(F)F. The average Bonchev–Trinajstić information content (AvgIpc) is 2.70. The molecule has 0 heterocycles. The van der Waals surface area contributed by atoms with Gasteiger partial charge in [0, 0.05) is 37.8 Å². The highest BCUT2D eigenvalue weighted by molar-refractivity contribution is 6.30. The number of aliphatic imine (C=N–C) groups is 1. The lowest BCUT2D eigenvalue weighted by Gasteiger charge is -2.15. The highest BCUT2D eigenvalue weighted by Gasteiger charge is 2.11. The van der Waals surface area contributed by atoms with Crippen LogP contribution in [-0.2, 0) is 17.8 Å². The standard InChI is InChI=1S/C20H24ClF2N3O3/c1-24-20(25-12-14-4-3-5-17(10-14)28-9-8-27-2)26-13-15-11-16(21)6-7-18(15)29-19(22)23/h3-7,10-11,19H,8-9,12-13H2,1-2H3,(H2,24,25,26). The number of benzene rings is 2. The number of methoxy groups -OCH3 is 1. The van der Waals surface area contributed by atoms with Crippen LogP contribution >= 0.6 is 11.6 Å². The summed E-state index contributed by atoms with van der Waals surface area (Å²) in [6.07, 6.45) is 0. The zero-order chi connectivity index (χ0) is 21.1. The van der Waals surface area contributed by atoms with Gasteiger partial charge in [-0.05, 0) is 35.9 Å². The Labute approximate surface area is 173 Å². The number of nitrogens with one attached hydrogen (secondary N) is 2. The number of halogens is 3. The Morgan fingerprint density at radius 2 is 1.90 bits per heavy atom. The maximum atomic E-state index is 12.6.